The number of nitrogens with zero attached hydrogens (tertiary/aromatic N) is 1. The molecular weight excluding hydrogens is 350 g/mol. The number of sulfone groups is 1. The molecule has 2 aliphatic heterocycles. The van der Waals surface area contributed by atoms with Crippen molar-refractivity contribution < 1.29 is 27.2 Å². The zero-order valence-corrected chi connectivity index (χ0v) is 14.3. The maximum absolute atomic E-state index is 12.3. The van der Waals surface area contributed by atoms with Gasteiger partial charge in [0.1, 0.15) is 11.8 Å². The minimum atomic E-state index is -3.06. The number of imide groups is 1. The normalized spacial score (nSPS) is 25.2. The van der Waals surface area contributed by atoms with Gasteiger partial charge in [-0.2, -0.15) is 0 Å². The van der Waals surface area contributed by atoms with E-state index in [4.69, 9.17) is 4.42 Å². The van der Waals surface area contributed by atoms with Gasteiger partial charge < -0.3 is 15.1 Å². The smallest absolute Gasteiger partial charge is 0.325 e. The monoisotopic (exact) mass is 369 g/mol. The highest BCUT2D eigenvalue weighted by atomic mass is 32.2. The first-order valence-corrected chi connectivity index (χ1v) is 9.80. The van der Waals surface area contributed by atoms with Gasteiger partial charge in [0.25, 0.3) is 5.91 Å². The largest absolute Gasteiger partial charge is 0.467 e. The number of hydrogen-bond donors (Lipinski definition) is 2. The van der Waals surface area contributed by atoms with Gasteiger partial charge in [0.05, 0.1) is 24.3 Å². The van der Waals surface area contributed by atoms with E-state index in [1.54, 1.807) is 12.1 Å². The van der Waals surface area contributed by atoms with E-state index in [2.05, 4.69) is 10.6 Å². The fourth-order valence-corrected chi connectivity index (χ4v) is 4.64. The molecule has 4 amide bonds. The van der Waals surface area contributed by atoms with E-state index in [-0.39, 0.29) is 42.8 Å². The second kappa shape index (κ2) is 6.87. The second-order valence-corrected chi connectivity index (χ2v) is 8.44. The number of urea groups is 1. The molecule has 2 aliphatic rings. The lowest BCUT2D eigenvalue weighted by Gasteiger charge is -2.13. The molecule has 0 aromatic carbocycles. The summed E-state index contributed by atoms with van der Waals surface area (Å²) in [7, 11) is -3.06. The van der Waals surface area contributed by atoms with Crippen LogP contribution < -0.4 is 10.6 Å². The van der Waals surface area contributed by atoms with E-state index < -0.39 is 27.8 Å². The highest BCUT2D eigenvalue weighted by molar-refractivity contribution is 7.91. The Hall–Kier alpha value is -2.36. The van der Waals surface area contributed by atoms with Crippen molar-refractivity contribution in [2.45, 2.75) is 37.9 Å². The predicted octanol–water partition coefficient (Wildman–Crippen LogP) is -0.216. The van der Waals surface area contributed by atoms with Crippen LogP contribution in [0.1, 0.15) is 25.0 Å². The molecule has 0 saturated carbocycles. The first-order chi connectivity index (χ1) is 11.8. The zero-order chi connectivity index (χ0) is 18.0. The van der Waals surface area contributed by atoms with Crippen molar-refractivity contribution >= 4 is 27.7 Å². The summed E-state index contributed by atoms with van der Waals surface area (Å²) in [6.45, 7) is 0.0420. The van der Waals surface area contributed by atoms with Gasteiger partial charge in [0, 0.05) is 12.5 Å². The summed E-state index contributed by atoms with van der Waals surface area (Å²) in [6, 6.07) is 1.67. The van der Waals surface area contributed by atoms with Crippen LogP contribution in [0.5, 0.6) is 0 Å². The van der Waals surface area contributed by atoms with Crippen molar-refractivity contribution in [1.82, 2.24) is 15.5 Å². The number of rotatable bonds is 6. The molecule has 0 aliphatic carbocycles. The molecule has 0 bridgehead atoms. The molecule has 10 heteroatoms. The third kappa shape index (κ3) is 4.19. The summed E-state index contributed by atoms with van der Waals surface area (Å²) in [5.41, 5.74) is 0. The minimum absolute atomic E-state index is 0.0296. The Morgan fingerprint density at radius 3 is 2.84 bits per heavy atom. The molecule has 1 aromatic rings. The van der Waals surface area contributed by atoms with Gasteiger partial charge in [-0.1, -0.05) is 0 Å². The van der Waals surface area contributed by atoms with E-state index in [1.165, 1.54) is 6.26 Å². The Kier molecular flexibility index (Phi) is 4.80. The minimum Gasteiger partial charge on any atom is -0.467 e. The van der Waals surface area contributed by atoms with E-state index in [0.717, 1.165) is 4.90 Å². The molecule has 9 nitrogen and oxygen atoms in total. The summed E-state index contributed by atoms with van der Waals surface area (Å²) >= 11 is 0. The summed E-state index contributed by atoms with van der Waals surface area (Å²) < 4.78 is 27.9. The molecule has 0 spiro atoms. The van der Waals surface area contributed by atoms with Gasteiger partial charge in [0.15, 0.2) is 9.84 Å². The van der Waals surface area contributed by atoms with Crippen LogP contribution in [0.25, 0.3) is 0 Å². The first-order valence-electron chi connectivity index (χ1n) is 7.98. The van der Waals surface area contributed by atoms with Gasteiger partial charge in [0.2, 0.25) is 5.91 Å². The molecule has 1 aromatic heterocycles. The van der Waals surface area contributed by atoms with Crippen molar-refractivity contribution in [3.05, 3.63) is 24.2 Å². The van der Waals surface area contributed by atoms with Crippen LogP contribution in [0, 0.1) is 0 Å². The van der Waals surface area contributed by atoms with Gasteiger partial charge in [-0.25, -0.2) is 13.2 Å². The molecule has 2 fully saturated rings. The third-order valence-corrected chi connectivity index (χ3v) is 6.03. The summed E-state index contributed by atoms with van der Waals surface area (Å²) in [5.74, 6) is -0.207. The van der Waals surface area contributed by atoms with Crippen molar-refractivity contribution in [3.8, 4) is 0 Å². The van der Waals surface area contributed by atoms with Gasteiger partial charge in [-0.05, 0) is 25.0 Å². The topological polar surface area (TPSA) is 126 Å². The van der Waals surface area contributed by atoms with E-state index >= 15 is 0 Å². The third-order valence-electron chi connectivity index (χ3n) is 4.26. The average Bonchev–Trinajstić information content (AvgIpc) is 3.22. The quantitative estimate of drug-likeness (QED) is 0.668. The highest BCUT2D eigenvalue weighted by Crippen LogP contribution is 2.16. The van der Waals surface area contributed by atoms with Gasteiger partial charge in [-0.15, -0.1) is 0 Å². The van der Waals surface area contributed by atoms with E-state index in [1.807, 2.05) is 0 Å². The molecule has 3 heterocycles. The molecule has 2 atom stereocenters. The summed E-state index contributed by atoms with van der Waals surface area (Å²) in [6.07, 6.45) is 2.05. The fraction of sp³-hybridized carbons (Fsp3) is 0.533. The van der Waals surface area contributed by atoms with Crippen LogP contribution in [0.4, 0.5) is 4.79 Å². The lowest BCUT2D eigenvalue weighted by molar-refractivity contribution is -0.128. The van der Waals surface area contributed by atoms with E-state index in [0.29, 0.717) is 12.2 Å². The number of amides is 4. The van der Waals surface area contributed by atoms with Crippen LogP contribution in [0.3, 0.4) is 0 Å². The molecule has 136 valence electrons. The average molecular weight is 369 g/mol. The second-order valence-electron chi connectivity index (χ2n) is 6.21. The summed E-state index contributed by atoms with van der Waals surface area (Å²) in [5, 5.41) is 5.21. The maximum Gasteiger partial charge on any atom is 0.325 e. The van der Waals surface area contributed by atoms with Crippen LogP contribution in [0.2, 0.25) is 0 Å². The standard InChI is InChI=1S/C15H19N3O6S/c19-13(16-10-5-7-25(22,23)9-10)4-3-12-14(20)18(15(21)17-12)8-11-2-1-6-24-11/h1-2,6,10,12H,3-5,7-9H2,(H,16,19)(H,17,21)/t10-,12-/m1/s1. The van der Waals surface area contributed by atoms with E-state index in [9.17, 15) is 22.8 Å². The lowest BCUT2D eigenvalue weighted by atomic mass is 10.1. The Labute approximate surface area is 144 Å². The maximum atomic E-state index is 12.3. The van der Waals surface area contributed by atoms with Crippen LogP contribution in [0.15, 0.2) is 22.8 Å². The number of carbonyl (C=O) groups is 3. The van der Waals surface area contributed by atoms with Crippen LogP contribution in [-0.2, 0) is 26.0 Å². The van der Waals surface area contributed by atoms with Gasteiger partial charge >= 0.3 is 6.03 Å². The van der Waals surface area contributed by atoms with Crippen molar-refractivity contribution in [2.24, 2.45) is 0 Å². The Morgan fingerprint density at radius 1 is 1.40 bits per heavy atom. The summed E-state index contributed by atoms with van der Waals surface area (Å²) in [4.78, 5) is 37.2. The van der Waals surface area contributed by atoms with Gasteiger partial charge in [-0.3, -0.25) is 14.5 Å². The molecule has 25 heavy (non-hydrogen) atoms. The fourth-order valence-electron chi connectivity index (χ4n) is 2.96. The Bertz CT molecular complexity index is 773. The number of nitrogens with one attached hydrogen (secondary N) is 2. The first kappa shape index (κ1) is 17.5. The zero-order valence-electron chi connectivity index (χ0n) is 13.4. The van der Waals surface area contributed by atoms with Crippen molar-refractivity contribution in [2.75, 3.05) is 11.5 Å². The highest BCUT2D eigenvalue weighted by Gasteiger charge is 2.38. The van der Waals surface area contributed by atoms with Crippen molar-refractivity contribution in [1.29, 1.82) is 0 Å². The Balaban J connectivity index is 1.47. The molecule has 2 N–H and O–H groups in total. The molecule has 0 unspecified atom stereocenters. The van der Waals surface area contributed by atoms with Crippen LogP contribution >= 0.6 is 0 Å². The SMILES string of the molecule is O=C(CC[C@H]1NC(=O)N(Cc2ccco2)C1=O)N[C@@H]1CCS(=O)(=O)C1. The molecular formula is C15H19N3O6S. The molecule has 0 radical (unpaired) electrons. The lowest BCUT2D eigenvalue weighted by Crippen LogP contribution is -2.37. The number of carbonyl (C=O) groups excluding carboxylic acids is 3. The molecule has 2 saturated heterocycles. The molecule has 3 rings (SSSR count). The predicted molar refractivity (Wildman–Crippen MR) is 86.0 cm³/mol. The van der Waals surface area contributed by atoms with Crippen LogP contribution in [-0.4, -0.2) is 54.8 Å². The Morgan fingerprint density at radius 2 is 2.20 bits per heavy atom. The number of furan rings is 1. The van der Waals surface area contributed by atoms with Crippen molar-refractivity contribution in [3.63, 3.8) is 0 Å². The number of hydrogen-bond acceptors (Lipinski definition) is 6.